The van der Waals surface area contributed by atoms with E-state index < -0.39 is 13.2 Å². The first kappa shape index (κ1) is 12.8. The molecule has 0 heterocycles. The van der Waals surface area contributed by atoms with E-state index >= 15 is 0 Å². The lowest BCUT2D eigenvalue weighted by molar-refractivity contribution is -0.136. The van der Waals surface area contributed by atoms with Gasteiger partial charge in [-0.1, -0.05) is 0 Å². The smallest absolute Gasteiger partial charge is 0.307 e. The van der Waals surface area contributed by atoms with E-state index in [0.717, 1.165) is 6.16 Å². The van der Waals surface area contributed by atoms with E-state index in [1.165, 1.54) is 0 Å². The van der Waals surface area contributed by atoms with Gasteiger partial charge in [-0.15, -0.1) is 0 Å². The van der Waals surface area contributed by atoms with Gasteiger partial charge in [0.2, 0.25) is 0 Å². The molecule has 0 aromatic carbocycles. The minimum absolute atomic E-state index is 0. The molecular formula is C6H14ClO2P. The first-order chi connectivity index (χ1) is 3.92. The van der Waals surface area contributed by atoms with Crippen molar-refractivity contribution >= 4 is 13.2 Å². The van der Waals surface area contributed by atoms with Gasteiger partial charge in [0.1, 0.15) is 0 Å². The number of carbonyl (C=O) groups is 1. The van der Waals surface area contributed by atoms with E-state index in [9.17, 15) is 4.79 Å². The predicted octanol–water partition coefficient (Wildman–Crippen LogP) is -1.63. The SMILES string of the molecule is C[P+](C)(C)CCC(=O)O.[Cl-]. The molecule has 0 atom stereocenters. The highest BCUT2D eigenvalue weighted by Crippen LogP contribution is 2.46. The van der Waals surface area contributed by atoms with Crippen LogP contribution in [0.2, 0.25) is 0 Å². The molecular weight excluding hydrogens is 170 g/mol. The van der Waals surface area contributed by atoms with Crippen molar-refractivity contribution < 1.29 is 22.3 Å². The van der Waals surface area contributed by atoms with Crippen LogP contribution in [0.15, 0.2) is 0 Å². The third kappa shape index (κ3) is 11.0. The average Bonchev–Trinajstić information content (AvgIpc) is 1.59. The fourth-order valence-corrected chi connectivity index (χ4v) is 1.29. The van der Waals surface area contributed by atoms with Gasteiger partial charge in [0, 0.05) is 27.3 Å². The van der Waals surface area contributed by atoms with E-state index in [4.69, 9.17) is 5.11 Å². The molecule has 0 unspecified atom stereocenters. The van der Waals surface area contributed by atoms with Crippen molar-refractivity contribution in [1.82, 2.24) is 0 Å². The molecule has 0 rings (SSSR count). The van der Waals surface area contributed by atoms with Crippen LogP contribution >= 0.6 is 7.26 Å². The van der Waals surface area contributed by atoms with E-state index in [0.29, 0.717) is 6.42 Å². The molecule has 0 aliphatic heterocycles. The summed E-state index contributed by atoms with van der Waals surface area (Å²) in [4.78, 5) is 10.1. The Balaban J connectivity index is 0. The van der Waals surface area contributed by atoms with E-state index in [1.807, 2.05) is 0 Å². The summed E-state index contributed by atoms with van der Waals surface area (Å²) in [6.45, 7) is 6.45. The van der Waals surface area contributed by atoms with Gasteiger partial charge in [-0.25, -0.2) is 0 Å². The van der Waals surface area contributed by atoms with Crippen LogP contribution in [0.1, 0.15) is 6.42 Å². The molecule has 0 amide bonds. The van der Waals surface area contributed by atoms with E-state index in [2.05, 4.69) is 20.0 Å². The van der Waals surface area contributed by atoms with Crippen molar-refractivity contribution in [3.63, 3.8) is 0 Å². The molecule has 4 heteroatoms. The summed E-state index contributed by atoms with van der Waals surface area (Å²) in [5, 5.41) is 8.29. The summed E-state index contributed by atoms with van der Waals surface area (Å²) in [5.41, 5.74) is 0. The molecule has 2 nitrogen and oxygen atoms in total. The zero-order chi connectivity index (χ0) is 7.49. The Morgan fingerprint density at radius 3 is 1.90 bits per heavy atom. The normalized spacial score (nSPS) is 10.3. The fourth-order valence-electron chi connectivity index (χ4n) is 0.431. The Kier molecular flexibility index (Phi) is 6.32. The zero-order valence-corrected chi connectivity index (χ0v) is 8.25. The molecule has 0 fully saturated rings. The maximum absolute atomic E-state index is 10.1. The second kappa shape index (κ2) is 4.92. The Morgan fingerprint density at radius 1 is 1.40 bits per heavy atom. The Labute approximate surface area is 68.8 Å². The summed E-state index contributed by atoms with van der Waals surface area (Å²) >= 11 is 0. The van der Waals surface area contributed by atoms with E-state index in [-0.39, 0.29) is 12.4 Å². The topological polar surface area (TPSA) is 37.3 Å². The molecule has 0 saturated heterocycles. The first-order valence-corrected chi connectivity index (χ1v) is 6.25. The van der Waals surface area contributed by atoms with Crippen LogP contribution in [0.25, 0.3) is 0 Å². The lowest BCUT2D eigenvalue weighted by atomic mass is 10.5. The maximum Gasteiger partial charge on any atom is 0.307 e. The number of carboxylic acid groups (broad SMARTS) is 1. The molecule has 0 bridgehead atoms. The largest absolute Gasteiger partial charge is 1.00 e. The molecule has 62 valence electrons. The van der Waals surface area contributed by atoms with Crippen LogP contribution in [-0.4, -0.2) is 37.2 Å². The monoisotopic (exact) mass is 184 g/mol. The molecule has 10 heavy (non-hydrogen) atoms. The van der Waals surface area contributed by atoms with Gasteiger partial charge < -0.3 is 17.5 Å². The highest BCUT2D eigenvalue weighted by molar-refractivity contribution is 7.73. The van der Waals surface area contributed by atoms with Crippen molar-refractivity contribution in [2.24, 2.45) is 0 Å². The fraction of sp³-hybridized carbons (Fsp3) is 0.833. The van der Waals surface area contributed by atoms with Crippen LogP contribution < -0.4 is 12.4 Å². The number of aliphatic carboxylic acids is 1. The third-order valence-electron chi connectivity index (χ3n) is 0.996. The van der Waals surface area contributed by atoms with Crippen molar-refractivity contribution in [2.45, 2.75) is 6.42 Å². The standard InChI is InChI=1S/C6H13O2P.ClH/c1-9(2,3)5-4-6(7)8;/h4-5H2,1-3H3;1H. The van der Waals surface area contributed by atoms with Crippen molar-refractivity contribution in [1.29, 1.82) is 0 Å². The molecule has 0 aliphatic carbocycles. The number of hydrogen-bond donors (Lipinski definition) is 1. The molecule has 1 N–H and O–H groups in total. The number of hydrogen-bond acceptors (Lipinski definition) is 1. The molecule has 0 aliphatic rings. The van der Waals surface area contributed by atoms with Crippen LogP contribution in [0.3, 0.4) is 0 Å². The molecule has 0 spiro atoms. The minimum Gasteiger partial charge on any atom is -1.00 e. The zero-order valence-electron chi connectivity index (χ0n) is 6.59. The van der Waals surface area contributed by atoms with Gasteiger partial charge in [-0.05, 0) is 0 Å². The van der Waals surface area contributed by atoms with Gasteiger partial charge in [-0.2, -0.15) is 0 Å². The first-order valence-electron chi connectivity index (χ1n) is 2.94. The molecule has 0 aromatic heterocycles. The second-order valence-electron chi connectivity index (χ2n) is 3.16. The van der Waals surface area contributed by atoms with Gasteiger partial charge in [0.15, 0.2) is 0 Å². The summed E-state index contributed by atoms with van der Waals surface area (Å²) in [5.74, 6) is -0.676. The summed E-state index contributed by atoms with van der Waals surface area (Å²) in [7, 11) is -0.850. The number of carboxylic acids is 1. The summed E-state index contributed by atoms with van der Waals surface area (Å²) in [6, 6.07) is 0. The summed E-state index contributed by atoms with van der Waals surface area (Å²) < 4.78 is 0. The Bertz CT molecular complexity index is 109. The van der Waals surface area contributed by atoms with Crippen LogP contribution in [-0.2, 0) is 4.79 Å². The van der Waals surface area contributed by atoms with Crippen LogP contribution in [0, 0.1) is 0 Å². The van der Waals surface area contributed by atoms with Gasteiger partial charge in [0.25, 0.3) is 0 Å². The highest BCUT2D eigenvalue weighted by Gasteiger charge is 2.17. The third-order valence-corrected chi connectivity index (χ3v) is 2.56. The Hall–Kier alpha value is 0.190. The molecule has 0 radical (unpaired) electrons. The van der Waals surface area contributed by atoms with Crippen molar-refractivity contribution in [3.05, 3.63) is 0 Å². The maximum atomic E-state index is 10.1. The average molecular weight is 185 g/mol. The molecule has 0 aromatic rings. The van der Waals surface area contributed by atoms with Gasteiger partial charge in [0.05, 0.1) is 12.6 Å². The second-order valence-corrected chi connectivity index (χ2v) is 8.19. The minimum atomic E-state index is -0.850. The summed E-state index contributed by atoms with van der Waals surface area (Å²) in [6.07, 6.45) is 1.19. The molecule has 0 saturated carbocycles. The van der Waals surface area contributed by atoms with Crippen molar-refractivity contribution in [3.8, 4) is 0 Å². The lowest BCUT2D eigenvalue weighted by Crippen LogP contribution is -3.00. The van der Waals surface area contributed by atoms with Crippen molar-refractivity contribution in [2.75, 3.05) is 26.2 Å². The van der Waals surface area contributed by atoms with Gasteiger partial charge in [-0.3, -0.25) is 4.79 Å². The van der Waals surface area contributed by atoms with Gasteiger partial charge >= 0.3 is 5.97 Å². The van der Waals surface area contributed by atoms with E-state index in [1.54, 1.807) is 0 Å². The van der Waals surface area contributed by atoms with Crippen LogP contribution in [0.5, 0.6) is 0 Å². The number of halogens is 1. The highest BCUT2D eigenvalue weighted by atomic mass is 35.5. The van der Waals surface area contributed by atoms with Crippen LogP contribution in [0.4, 0.5) is 0 Å². The quantitative estimate of drug-likeness (QED) is 0.535. The number of rotatable bonds is 3. The Morgan fingerprint density at radius 2 is 1.80 bits per heavy atom. The lowest BCUT2D eigenvalue weighted by Gasteiger charge is -2.08. The predicted molar refractivity (Wildman–Crippen MR) is 41.8 cm³/mol.